The van der Waals surface area contributed by atoms with Crippen LogP contribution in [0.3, 0.4) is 0 Å². The molecule has 244 valence electrons. The van der Waals surface area contributed by atoms with Gasteiger partial charge in [0.25, 0.3) is 0 Å². The van der Waals surface area contributed by atoms with Gasteiger partial charge in [0.15, 0.2) is 5.82 Å². The predicted octanol–water partition coefficient (Wildman–Crippen LogP) is 7.29. The second-order valence-corrected chi connectivity index (χ2v) is 11.2. The summed E-state index contributed by atoms with van der Waals surface area (Å²) in [5.41, 5.74) is 6.21. The van der Waals surface area contributed by atoms with Crippen LogP contribution >= 0.6 is 0 Å². The standard InChI is InChI=1S/2C20H21N3O/c2*1-3-23(4-2)19(24)14-18-16-12-8-9-13-17(16)21-20(22-18)15-10-6-5-7-11-15/h5-13H,3-4,14H2,1-2H3;5-14H,3-4H2,1-2H3,(H,21,22)/b;18-14-. The van der Waals surface area contributed by atoms with Crippen LogP contribution in [0.5, 0.6) is 0 Å². The summed E-state index contributed by atoms with van der Waals surface area (Å²) in [6.45, 7) is 10.8. The number of carbonyl (C=O) groups excluding carboxylic acids is 2. The van der Waals surface area contributed by atoms with E-state index in [2.05, 4.69) is 10.3 Å². The molecule has 4 aromatic carbocycles. The molecule has 2 amide bonds. The smallest absolute Gasteiger partial charge is 0.248 e. The van der Waals surface area contributed by atoms with E-state index >= 15 is 0 Å². The van der Waals surface area contributed by atoms with Gasteiger partial charge >= 0.3 is 0 Å². The second-order valence-electron chi connectivity index (χ2n) is 11.2. The second kappa shape index (κ2) is 16.3. The molecule has 5 aromatic rings. The number of carbonyl (C=O) groups is 2. The van der Waals surface area contributed by atoms with Crippen LogP contribution in [0.25, 0.3) is 28.0 Å². The van der Waals surface area contributed by atoms with Crippen molar-refractivity contribution >= 4 is 39.9 Å². The summed E-state index contributed by atoms with van der Waals surface area (Å²) in [6, 6.07) is 35.5. The number of hydrogen-bond donors (Lipinski definition) is 1. The minimum Gasteiger partial charge on any atom is -0.343 e. The molecule has 1 aliphatic rings. The third kappa shape index (κ3) is 8.01. The molecular formula is C40H42N6O2. The van der Waals surface area contributed by atoms with Crippen LogP contribution in [0.4, 0.5) is 5.69 Å². The first kappa shape index (κ1) is 33.7. The lowest BCUT2D eigenvalue weighted by atomic mass is 10.1. The van der Waals surface area contributed by atoms with Gasteiger partial charge in [0.2, 0.25) is 11.8 Å². The quantitative estimate of drug-likeness (QED) is 0.171. The van der Waals surface area contributed by atoms with E-state index in [0.717, 1.165) is 50.5 Å². The molecule has 2 heterocycles. The minimum absolute atomic E-state index is 0.00612. The Hall–Kier alpha value is -5.63. The fraction of sp³-hybridized carbons (Fsp3) is 0.225. The Bertz CT molecular complexity index is 1910. The number of fused-ring (bicyclic) bond motifs is 2. The van der Waals surface area contributed by atoms with Gasteiger partial charge in [0.05, 0.1) is 29.0 Å². The largest absolute Gasteiger partial charge is 0.343 e. The highest BCUT2D eigenvalue weighted by molar-refractivity contribution is 6.10. The molecule has 0 fully saturated rings. The van der Waals surface area contributed by atoms with E-state index in [9.17, 15) is 9.59 Å². The monoisotopic (exact) mass is 638 g/mol. The summed E-state index contributed by atoms with van der Waals surface area (Å²) in [5.74, 6) is 1.53. The van der Waals surface area contributed by atoms with Gasteiger partial charge in [-0.1, -0.05) is 97.1 Å². The van der Waals surface area contributed by atoms with Crippen molar-refractivity contribution in [3.05, 3.63) is 132 Å². The molecule has 0 bridgehead atoms. The summed E-state index contributed by atoms with van der Waals surface area (Å²) in [4.78, 5) is 42.7. The van der Waals surface area contributed by atoms with E-state index in [1.54, 1.807) is 11.0 Å². The van der Waals surface area contributed by atoms with E-state index in [-0.39, 0.29) is 11.8 Å². The van der Waals surface area contributed by atoms with Crippen LogP contribution in [0.15, 0.2) is 120 Å². The number of aromatic nitrogens is 2. The summed E-state index contributed by atoms with van der Waals surface area (Å²) in [7, 11) is 0. The molecule has 0 aliphatic carbocycles. The zero-order valence-electron chi connectivity index (χ0n) is 28.1. The zero-order chi connectivity index (χ0) is 33.9. The first-order valence-corrected chi connectivity index (χ1v) is 16.6. The molecule has 0 unspecified atom stereocenters. The van der Waals surface area contributed by atoms with Crippen molar-refractivity contribution in [2.24, 2.45) is 4.99 Å². The topological polar surface area (TPSA) is 90.8 Å². The number of nitrogens with one attached hydrogen (secondary N) is 1. The summed E-state index contributed by atoms with van der Waals surface area (Å²) >= 11 is 0. The van der Waals surface area contributed by atoms with Crippen molar-refractivity contribution in [1.82, 2.24) is 25.1 Å². The molecule has 1 aromatic heterocycles. The third-order valence-electron chi connectivity index (χ3n) is 8.22. The highest BCUT2D eigenvalue weighted by Crippen LogP contribution is 2.30. The molecule has 1 aliphatic heterocycles. The maximum Gasteiger partial charge on any atom is 0.248 e. The molecular weight excluding hydrogens is 596 g/mol. The van der Waals surface area contributed by atoms with Gasteiger partial charge < -0.3 is 15.1 Å². The Morgan fingerprint density at radius 3 is 1.92 bits per heavy atom. The highest BCUT2D eigenvalue weighted by atomic mass is 16.2. The van der Waals surface area contributed by atoms with Gasteiger partial charge in [0, 0.05) is 54.3 Å². The molecule has 0 saturated heterocycles. The van der Waals surface area contributed by atoms with Gasteiger partial charge in [0.1, 0.15) is 5.84 Å². The number of nitrogens with zero attached hydrogens (tertiary/aromatic N) is 5. The maximum absolute atomic E-state index is 12.5. The summed E-state index contributed by atoms with van der Waals surface area (Å²) < 4.78 is 0. The van der Waals surface area contributed by atoms with Gasteiger partial charge in [-0.25, -0.2) is 15.0 Å². The average Bonchev–Trinajstić information content (AvgIpc) is 3.13. The van der Waals surface area contributed by atoms with Crippen molar-refractivity contribution < 1.29 is 9.59 Å². The van der Waals surface area contributed by atoms with E-state index < -0.39 is 0 Å². The van der Waals surface area contributed by atoms with E-state index in [0.29, 0.717) is 38.4 Å². The number of rotatable bonds is 9. The maximum atomic E-state index is 12.5. The molecule has 0 spiro atoms. The zero-order valence-corrected chi connectivity index (χ0v) is 28.1. The highest BCUT2D eigenvalue weighted by Gasteiger charge is 2.19. The van der Waals surface area contributed by atoms with Crippen LogP contribution in [0.1, 0.15) is 44.5 Å². The SMILES string of the molecule is CCN(CC)C(=O)/C=C1\NC(c2ccccc2)=Nc2ccccc21.CCN(CC)C(=O)Cc1nc(-c2ccccc2)nc2ccccc12. The van der Waals surface area contributed by atoms with E-state index in [4.69, 9.17) is 9.98 Å². The predicted molar refractivity (Wildman–Crippen MR) is 195 cm³/mol. The van der Waals surface area contributed by atoms with Crippen LogP contribution in [-0.4, -0.2) is 63.6 Å². The molecule has 0 radical (unpaired) electrons. The molecule has 8 heteroatoms. The Kier molecular flexibility index (Phi) is 11.4. The molecule has 1 N–H and O–H groups in total. The Labute approximate surface area is 282 Å². The van der Waals surface area contributed by atoms with Gasteiger partial charge in [-0.3, -0.25) is 9.59 Å². The lowest BCUT2D eigenvalue weighted by Gasteiger charge is -2.22. The Morgan fingerprint density at radius 1 is 0.667 bits per heavy atom. The number of amides is 2. The first-order valence-electron chi connectivity index (χ1n) is 16.6. The van der Waals surface area contributed by atoms with Crippen molar-refractivity contribution in [2.75, 3.05) is 26.2 Å². The van der Waals surface area contributed by atoms with Crippen molar-refractivity contribution in [3.8, 4) is 11.4 Å². The molecule has 8 nitrogen and oxygen atoms in total. The fourth-order valence-corrected chi connectivity index (χ4v) is 5.56. The van der Waals surface area contributed by atoms with Crippen LogP contribution < -0.4 is 5.32 Å². The summed E-state index contributed by atoms with van der Waals surface area (Å²) in [5, 5.41) is 4.27. The Morgan fingerprint density at radius 2 is 1.25 bits per heavy atom. The van der Waals surface area contributed by atoms with Crippen molar-refractivity contribution in [3.63, 3.8) is 0 Å². The Balaban J connectivity index is 0.000000188. The third-order valence-corrected chi connectivity index (χ3v) is 8.22. The van der Waals surface area contributed by atoms with Gasteiger partial charge in [-0.05, 0) is 39.8 Å². The van der Waals surface area contributed by atoms with E-state index in [1.165, 1.54) is 0 Å². The summed E-state index contributed by atoms with van der Waals surface area (Å²) in [6.07, 6.45) is 1.97. The average molecular weight is 639 g/mol. The van der Waals surface area contributed by atoms with Crippen LogP contribution in [0.2, 0.25) is 0 Å². The van der Waals surface area contributed by atoms with Gasteiger partial charge in [-0.15, -0.1) is 0 Å². The van der Waals surface area contributed by atoms with E-state index in [1.807, 2.05) is 142 Å². The van der Waals surface area contributed by atoms with Crippen LogP contribution in [0, 0.1) is 0 Å². The van der Waals surface area contributed by atoms with Gasteiger partial charge in [-0.2, -0.15) is 0 Å². The van der Waals surface area contributed by atoms with Crippen LogP contribution in [-0.2, 0) is 16.0 Å². The lowest BCUT2D eigenvalue weighted by molar-refractivity contribution is -0.130. The normalized spacial score (nSPS) is 12.7. The molecule has 48 heavy (non-hydrogen) atoms. The molecule has 6 rings (SSSR count). The number of benzene rings is 4. The number of aliphatic imine (C=N–C) groups is 1. The fourth-order valence-electron chi connectivity index (χ4n) is 5.56. The number of amidine groups is 1. The van der Waals surface area contributed by atoms with Crippen molar-refractivity contribution in [1.29, 1.82) is 0 Å². The molecule has 0 saturated carbocycles. The first-order chi connectivity index (χ1) is 23.4. The number of likely N-dealkylation sites (N-methyl/N-ethyl adjacent to an activating group) is 2. The number of hydrogen-bond acceptors (Lipinski definition) is 6. The lowest BCUT2D eigenvalue weighted by Crippen LogP contribution is -2.32. The van der Waals surface area contributed by atoms with Crippen molar-refractivity contribution in [2.45, 2.75) is 34.1 Å². The number of para-hydroxylation sites is 2. The minimum atomic E-state index is 0.00612. The molecule has 0 atom stereocenters.